The number of aliphatic hydroxyl groups is 1. The van der Waals surface area contributed by atoms with Crippen LogP contribution in [-0.2, 0) is 6.54 Å². The lowest BCUT2D eigenvalue weighted by atomic mass is 10.1. The summed E-state index contributed by atoms with van der Waals surface area (Å²) in [6, 6.07) is 5.36. The third-order valence-electron chi connectivity index (χ3n) is 2.74. The Hall–Kier alpha value is -1.26. The van der Waals surface area contributed by atoms with Crippen molar-refractivity contribution in [3.63, 3.8) is 0 Å². The van der Waals surface area contributed by atoms with Crippen molar-refractivity contribution in [2.45, 2.75) is 26.5 Å². The van der Waals surface area contributed by atoms with Crippen LogP contribution in [0, 0.1) is 5.92 Å². The molecule has 0 aromatic heterocycles. The maximum absolute atomic E-state index is 9.84. The number of phenolic OH excluding ortho intramolecular Hbond substituents is 1. The number of hydrogen-bond acceptors (Lipinski definition) is 4. The summed E-state index contributed by atoms with van der Waals surface area (Å²) in [5.41, 5.74) is 0.764. The number of nitrogens with one attached hydrogen (secondary N) is 1. The third-order valence-corrected chi connectivity index (χ3v) is 2.74. The molecule has 4 nitrogen and oxygen atoms in total. The molecular formula is C13H21NO3. The predicted octanol–water partition coefficient (Wildman–Crippen LogP) is 1.51. The molecule has 1 unspecified atom stereocenters. The van der Waals surface area contributed by atoms with E-state index in [0.29, 0.717) is 18.8 Å². The van der Waals surface area contributed by atoms with Crippen LogP contribution in [0.1, 0.15) is 19.4 Å². The summed E-state index contributed by atoms with van der Waals surface area (Å²) in [4.78, 5) is 0. The Bertz CT molecular complexity index is 353. The predicted molar refractivity (Wildman–Crippen MR) is 67.2 cm³/mol. The van der Waals surface area contributed by atoms with Gasteiger partial charge in [-0.05, 0) is 12.0 Å². The number of para-hydroxylation sites is 1. The molecule has 1 rings (SSSR count). The maximum atomic E-state index is 9.84. The summed E-state index contributed by atoms with van der Waals surface area (Å²) in [7, 11) is 1.52. The van der Waals surface area contributed by atoms with Gasteiger partial charge in [0.05, 0.1) is 13.2 Å². The first kappa shape index (κ1) is 13.8. The highest BCUT2D eigenvalue weighted by molar-refractivity contribution is 5.45. The molecule has 0 aliphatic rings. The SMILES string of the molecule is COc1cccc(CNCC(O)C(C)C)c1O. The third kappa shape index (κ3) is 3.91. The van der Waals surface area contributed by atoms with Gasteiger partial charge < -0.3 is 20.3 Å². The molecule has 0 saturated carbocycles. The smallest absolute Gasteiger partial charge is 0.162 e. The number of methoxy groups -OCH3 is 1. The summed E-state index contributed by atoms with van der Waals surface area (Å²) in [6.45, 7) is 4.95. The van der Waals surface area contributed by atoms with Gasteiger partial charge in [0.15, 0.2) is 11.5 Å². The molecule has 17 heavy (non-hydrogen) atoms. The van der Waals surface area contributed by atoms with Crippen molar-refractivity contribution in [3.05, 3.63) is 23.8 Å². The Morgan fingerprint density at radius 2 is 2.06 bits per heavy atom. The second-order valence-corrected chi connectivity index (χ2v) is 4.41. The molecule has 0 spiro atoms. The molecule has 0 fully saturated rings. The molecule has 1 atom stereocenters. The maximum Gasteiger partial charge on any atom is 0.162 e. The van der Waals surface area contributed by atoms with Gasteiger partial charge in [-0.15, -0.1) is 0 Å². The normalized spacial score (nSPS) is 12.8. The fraction of sp³-hybridized carbons (Fsp3) is 0.538. The molecule has 96 valence electrons. The zero-order chi connectivity index (χ0) is 12.8. The zero-order valence-electron chi connectivity index (χ0n) is 10.6. The second kappa shape index (κ2) is 6.47. The highest BCUT2D eigenvalue weighted by Gasteiger charge is 2.10. The Kier molecular flexibility index (Phi) is 5.25. The van der Waals surface area contributed by atoms with Crippen LogP contribution in [0.3, 0.4) is 0 Å². The first-order valence-corrected chi connectivity index (χ1v) is 5.80. The molecule has 0 bridgehead atoms. The van der Waals surface area contributed by atoms with E-state index in [0.717, 1.165) is 5.56 Å². The van der Waals surface area contributed by atoms with E-state index in [2.05, 4.69) is 5.32 Å². The van der Waals surface area contributed by atoms with Crippen LogP contribution in [0.25, 0.3) is 0 Å². The minimum Gasteiger partial charge on any atom is -0.504 e. The largest absolute Gasteiger partial charge is 0.504 e. The van der Waals surface area contributed by atoms with Crippen LogP contribution >= 0.6 is 0 Å². The molecule has 0 heterocycles. The Balaban J connectivity index is 2.52. The van der Waals surface area contributed by atoms with Crippen LogP contribution in [-0.4, -0.2) is 30.0 Å². The number of aliphatic hydroxyl groups excluding tert-OH is 1. The van der Waals surface area contributed by atoms with Gasteiger partial charge in [0, 0.05) is 18.7 Å². The van der Waals surface area contributed by atoms with E-state index in [9.17, 15) is 10.2 Å². The van der Waals surface area contributed by atoms with Gasteiger partial charge in [-0.3, -0.25) is 0 Å². The molecule has 1 aromatic rings. The van der Waals surface area contributed by atoms with Gasteiger partial charge in [-0.25, -0.2) is 0 Å². The first-order valence-electron chi connectivity index (χ1n) is 5.80. The van der Waals surface area contributed by atoms with Gasteiger partial charge in [0.25, 0.3) is 0 Å². The van der Waals surface area contributed by atoms with Crippen molar-refractivity contribution in [3.8, 4) is 11.5 Å². The molecule has 4 heteroatoms. The summed E-state index contributed by atoms with van der Waals surface area (Å²) >= 11 is 0. The lowest BCUT2D eigenvalue weighted by Gasteiger charge is -2.15. The molecule has 0 aliphatic heterocycles. The topological polar surface area (TPSA) is 61.7 Å². The van der Waals surface area contributed by atoms with Crippen molar-refractivity contribution >= 4 is 0 Å². The van der Waals surface area contributed by atoms with E-state index < -0.39 is 0 Å². The van der Waals surface area contributed by atoms with Gasteiger partial charge in [-0.2, -0.15) is 0 Å². The van der Waals surface area contributed by atoms with E-state index in [1.54, 1.807) is 6.07 Å². The number of benzene rings is 1. The summed E-state index contributed by atoms with van der Waals surface area (Å²) < 4.78 is 5.02. The van der Waals surface area contributed by atoms with Gasteiger partial charge in [0.2, 0.25) is 0 Å². The standard InChI is InChI=1S/C13H21NO3/c1-9(2)11(15)8-14-7-10-5-4-6-12(17-3)13(10)16/h4-6,9,11,14-16H,7-8H2,1-3H3. The minimum atomic E-state index is -0.372. The Morgan fingerprint density at radius 1 is 1.35 bits per heavy atom. The van der Waals surface area contributed by atoms with Crippen LogP contribution in [0.4, 0.5) is 0 Å². The van der Waals surface area contributed by atoms with Crippen LogP contribution in [0.15, 0.2) is 18.2 Å². The lowest BCUT2D eigenvalue weighted by Crippen LogP contribution is -2.30. The minimum absolute atomic E-state index is 0.154. The molecule has 0 radical (unpaired) electrons. The number of ether oxygens (including phenoxy) is 1. The van der Waals surface area contributed by atoms with Crippen molar-refractivity contribution < 1.29 is 14.9 Å². The van der Waals surface area contributed by atoms with Crippen LogP contribution in [0.5, 0.6) is 11.5 Å². The van der Waals surface area contributed by atoms with Crippen molar-refractivity contribution in [2.24, 2.45) is 5.92 Å². The molecule has 0 saturated heterocycles. The fourth-order valence-electron chi connectivity index (χ4n) is 1.47. The summed E-state index contributed by atoms with van der Waals surface area (Å²) in [5, 5.41) is 22.6. The fourth-order valence-corrected chi connectivity index (χ4v) is 1.47. The molecule has 3 N–H and O–H groups in total. The van der Waals surface area contributed by atoms with Crippen molar-refractivity contribution in [2.75, 3.05) is 13.7 Å². The van der Waals surface area contributed by atoms with E-state index in [4.69, 9.17) is 4.74 Å². The molecular weight excluding hydrogens is 218 g/mol. The van der Waals surface area contributed by atoms with Crippen LogP contribution in [0.2, 0.25) is 0 Å². The highest BCUT2D eigenvalue weighted by atomic mass is 16.5. The van der Waals surface area contributed by atoms with Gasteiger partial charge >= 0.3 is 0 Å². The molecule has 0 aliphatic carbocycles. The zero-order valence-corrected chi connectivity index (χ0v) is 10.6. The average molecular weight is 239 g/mol. The number of aromatic hydroxyl groups is 1. The van der Waals surface area contributed by atoms with E-state index in [-0.39, 0.29) is 17.8 Å². The lowest BCUT2D eigenvalue weighted by molar-refractivity contribution is 0.123. The molecule has 1 aromatic carbocycles. The Labute approximate surface area is 102 Å². The van der Waals surface area contributed by atoms with Crippen LogP contribution < -0.4 is 10.1 Å². The first-order chi connectivity index (χ1) is 8.06. The quantitative estimate of drug-likeness (QED) is 0.704. The van der Waals surface area contributed by atoms with Gasteiger partial charge in [0.1, 0.15) is 0 Å². The number of rotatable bonds is 6. The van der Waals surface area contributed by atoms with E-state index >= 15 is 0 Å². The Morgan fingerprint density at radius 3 is 2.65 bits per heavy atom. The second-order valence-electron chi connectivity index (χ2n) is 4.41. The van der Waals surface area contributed by atoms with Crippen molar-refractivity contribution in [1.29, 1.82) is 0 Å². The highest BCUT2D eigenvalue weighted by Crippen LogP contribution is 2.28. The summed E-state index contributed by atoms with van der Waals surface area (Å²) in [5.74, 6) is 0.844. The average Bonchev–Trinajstić information content (AvgIpc) is 2.31. The van der Waals surface area contributed by atoms with E-state index in [1.165, 1.54) is 7.11 Å². The van der Waals surface area contributed by atoms with Crippen molar-refractivity contribution in [1.82, 2.24) is 5.32 Å². The number of phenols is 1. The van der Waals surface area contributed by atoms with E-state index in [1.807, 2.05) is 26.0 Å². The summed E-state index contributed by atoms with van der Waals surface area (Å²) in [6.07, 6.45) is -0.372. The monoisotopic (exact) mass is 239 g/mol. The number of hydrogen-bond donors (Lipinski definition) is 3. The molecule has 0 amide bonds. The van der Waals surface area contributed by atoms with Gasteiger partial charge in [-0.1, -0.05) is 26.0 Å².